The molecule has 5 heteroatoms. The molecule has 3 aromatic rings. The average Bonchev–Trinajstić information content (AvgIpc) is 3.35. The Kier molecular flexibility index (Phi) is 7.13. The van der Waals surface area contributed by atoms with Crippen LogP contribution in [0.3, 0.4) is 0 Å². The fourth-order valence-electron chi connectivity index (χ4n) is 4.59. The third kappa shape index (κ3) is 4.82. The highest BCUT2D eigenvalue weighted by Gasteiger charge is 2.33. The molecule has 1 amide bonds. The van der Waals surface area contributed by atoms with E-state index in [2.05, 4.69) is 49.6 Å². The van der Waals surface area contributed by atoms with Gasteiger partial charge in [-0.05, 0) is 62.4 Å². The number of rotatable bonds is 10. The third-order valence-corrected chi connectivity index (χ3v) is 6.63. The number of carbonyl (C=O) groups excluding carboxylic acids is 1. The molecular formula is C27H35N3O2. The number of nitrogens with zero attached hydrogens (tertiary/aromatic N) is 3. The lowest BCUT2D eigenvalue weighted by Crippen LogP contribution is -2.26. The van der Waals surface area contributed by atoms with Gasteiger partial charge in [-0.2, -0.15) is 0 Å². The first-order valence-corrected chi connectivity index (χ1v) is 12.0. The molecule has 5 nitrogen and oxygen atoms in total. The van der Waals surface area contributed by atoms with Gasteiger partial charge in [0.05, 0.1) is 17.6 Å². The molecule has 32 heavy (non-hydrogen) atoms. The SMILES string of the molecule is CCCCN1C[C@H](c2nc3ccccc3n2CCCCOc2cccc(C)c2C)CC1=O. The molecule has 170 valence electrons. The minimum Gasteiger partial charge on any atom is -0.493 e. The van der Waals surface area contributed by atoms with Crippen molar-refractivity contribution in [2.75, 3.05) is 19.7 Å². The van der Waals surface area contributed by atoms with Crippen molar-refractivity contribution in [2.45, 2.75) is 65.3 Å². The molecule has 0 saturated carbocycles. The number of amides is 1. The molecule has 0 radical (unpaired) electrons. The van der Waals surface area contributed by atoms with Crippen LogP contribution in [0.1, 0.15) is 61.9 Å². The highest BCUT2D eigenvalue weighted by molar-refractivity contribution is 5.80. The predicted octanol–water partition coefficient (Wildman–Crippen LogP) is 5.63. The monoisotopic (exact) mass is 433 g/mol. The smallest absolute Gasteiger partial charge is 0.223 e. The minimum absolute atomic E-state index is 0.179. The Morgan fingerprint density at radius 1 is 1.03 bits per heavy atom. The lowest BCUT2D eigenvalue weighted by Gasteiger charge is -2.17. The van der Waals surface area contributed by atoms with Gasteiger partial charge < -0.3 is 14.2 Å². The average molecular weight is 434 g/mol. The van der Waals surface area contributed by atoms with Gasteiger partial charge in [0.15, 0.2) is 0 Å². The first kappa shape index (κ1) is 22.4. The highest BCUT2D eigenvalue weighted by Crippen LogP contribution is 2.31. The van der Waals surface area contributed by atoms with Crippen LogP contribution in [0.2, 0.25) is 0 Å². The third-order valence-electron chi connectivity index (χ3n) is 6.63. The normalized spacial score (nSPS) is 16.3. The molecule has 1 aromatic heterocycles. The van der Waals surface area contributed by atoms with Gasteiger partial charge >= 0.3 is 0 Å². The van der Waals surface area contributed by atoms with Gasteiger partial charge in [0.2, 0.25) is 5.91 Å². The molecule has 1 aliphatic heterocycles. The van der Waals surface area contributed by atoms with E-state index in [1.807, 2.05) is 23.1 Å². The second kappa shape index (κ2) is 10.2. The van der Waals surface area contributed by atoms with Crippen molar-refractivity contribution in [2.24, 2.45) is 0 Å². The molecule has 0 N–H and O–H groups in total. The number of fused-ring (bicyclic) bond motifs is 1. The van der Waals surface area contributed by atoms with E-state index in [0.717, 1.165) is 67.9 Å². The van der Waals surface area contributed by atoms with E-state index in [1.54, 1.807) is 0 Å². The molecule has 0 aliphatic carbocycles. The largest absolute Gasteiger partial charge is 0.493 e. The van der Waals surface area contributed by atoms with E-state index >= 15 is 0 Å². The molecule has 4 rings (SSSR count). The molecule has 2 aromatic carbocycles. The second-order valence-electron chi connectivity index (χ2n) is 8.96. The van der Waals surface area contributed by atoms with Crippen molar-refractivity contribution < 1.29 is 9.53 Å². The number of aromatic nitrogens is 2. The summed E-state index contributed by atoms with van der Waals surface area (Å²) in [5.74, 6) is 2.49. The summed E-state index contributed by atoms with van der Waals surface area (Å²) in [6.07, 6.45) is 4.74. The molecule has 0 spiro atoms. The first-order valence-electron chi connectivity index (χ1n) is 12.0. The van der Waals surface area contributed by atoms with Crippen LogP contribution in [0, 0.1) is 13.8 Å². The zero-order valence-electron chi connectivity index (χ0n) is 19.6. The number of imidazole rings is 1. The summed E-state index contributed by atoms with van der Waals surface area (Å²) in [5.41, 5.74) is 4.66. The summed E-state index contributed by atoms with van der Waals surface area (Å²) in [6.45, 7) is 9.65. The summed E-state index contributed by atoms with van der Waals surface area (Å²) in [6, 6.07) is 14.5. The van der Waals surface area contributed by atoms with Crippen molar-refractivity contribution >= 4 is 16.9 Å². The lowest BCUT2D eigenvalue weighted by molar-refractivity contribution is -0.127. The number of benzene rings is 2. The van der Waals surface area contributed by atoms with E-state index in [4.69, 9.17) is 9.72 Å². The Balaban J connectivity index is 1.42. The van der Waals surface area contributed by atoms with Gasteiger partial charge in [0.1, 0.15) is 11.6 Å². The van der Waals surface area contributed by atoms with E-state index in [-0.39, 0.29) is 11.8 Å². The van der Waals surface area contributed by atoms with Gasteiger partial charge in [-0.1, -0.05) is 37.6 Å². The standard InChI is InChI=1S/C27H35N3O2/c1-4-5-15-29-19-22(18-26(29)31)27-28-23-12-6-7-13-24(23)30(27)16-8-9-17-32-25-14-10-11-20(2)21(25)3/h6-7,10-14,22H,4-5,8-9,15-19H2,1-3H3/t22-/m1/s1. The van der Waals surface area contributed by atoms with E-state index in [0.29, 0.717) is 13.0 Å². The Hall–Kier alpha value is -2.82. The van der Waals surface area contributed by atoms with Crippen LogP contribution in [0.15, 0.2) is 42.5 Å². The van der Waals surface area contributed by atoms with Gasteiger partial charge in [0.25, 0.3) is 0 Å². The van der Waals surface area contributed by atoms with Crippen LogP contribution in [-0.4, -0.2) is 40.1 Å². The van der Waals surface area contributed by atoms with Crippen molar-refractivity contribution in [3.8, 4) is 5.75 Å². The van der Waals surface area contributed by atoms with E-state index in [1.165, 1.54) is 11.1 Å². The Morgan fingerprint density at radius 3 is 2.72 bits per heavy atom. The van der Waals surface area contributed by atoms with Crippen LogP contribution in [0.4, 0.5) is 0 Å². The van der Waals surface area contributed by atoms with Gasteiger partial charge in [0, 0.05) is 32.0 Å². The number of hydrogen-bond acceptors (Lipinski definition) is 3. The number of para-hydroxylation sites is 2. The van der Waals surface area contributed by atoms with Crippen LogP contribution in [-0.2, 0) is 11.3 Å². The van der Waals surface area contributed by atoms with Crippen molar-refractivity contribution in [3.05, 3.63) is 59.4 Å². The van der Waals surface area contributed by atoms with Crippen LogP contribution in [0.25, 0.3) is 11.0 Å². The molecular weight excluding hydrogens is 398 g/mol. The molecule has 1 aliphatic rings. The molecule has 1 fully saturated rings. The summed E-state index contributed by atoms with van der Waals surface area (Å²) < 4.78 is 8.39. The fraction of sp³-hybridized carbons (Fsp3) is 0.481. The second-order valence-corrected chi connectivity index (χ2v) is 8.96. The summed E-state index contributed by atoms with van der Waals surface area (Å²) in [5, 5.41) is 0. The van der Waals surface area contributed by atoms with Gasteiger partial charge in [-0.15, -0.1) is 0 Å². The predicted molar refractivity (Wildman–Crippen MR) is 129 cm³/mol. The van der Waals surface area contributed by atoms with Crippen LogP contribution < -0.4 is 4.74 Å². The van der Waals surface area contributed by atoms with Crippen LogP contribution >= 0.6 is 0 Å². The van der Waals surface area contributed by atoms with Crippen molar-refractivity contribution in [1.29, 1.82) is 0 Å². The summed E-state index contributed by atoms with van der Waals surface area (Å²) >= 11 is 0. The maximum atomic E-state index is 12.5. The topological polar surface area (TPSA) is 47.4 Å². The van der Waals surface area contributed by atoms with Crippen LogP contribution in [0.5, 0.6) is 5.75 Å². The lowest BCUT2D eigenvalue weighted by atomic mass is 10.1. The Bertz CT molecular complexity index is 1070. The molecule has 0 unspecified atom stereocenters. The van der Waals surface area contributed by atoms with Crippen molar-refractivity contribution in [3.63, 3.8) is 0 Å². The maximum absolute atomic E-state index is 12.5. The van der Waals surface area contributed by atoms with E-state index in [9.17, 15) is 4.79 Å². The summed E-state index contributed by atoms with van der Waals surface area (Å²) in [7, 11) is 0. The first-order chi connectivity index (χ1) is 15.6. The van der Waals surface area contributed by atoms with Gasteiger partial charge in [-0.25, -0.2) is 4.98 Å². The number of hydrogen-bond donors (Lipinski definition) is 0. The molecule has 2 heterocycles. The van der Waals surface area contributed by atoms with E-state index < -0.39 is 0 Å². The quantitative estimate of drug-likeness (QED) is 0.389. The Labute approximate surface area is 191 Å². The number of carbonyl (C=O) groups is 1. The summed E-state index contributed by atoms with van der Waals surface area (Å²) in [4.78, 5) is 19.5. The van der Waals surface area contributed by atoms with Crippen molar-refractivity contribution in [1.82, 2.24) is 14.5 Å². The highest BCUT2D eigenvalue weighted by atomic mass is 16.5. The number of aryl methyl sites for hydroxylation is 2. The number of unbranched alkanes of at least 4 members (excludes halogenated alkanes) is 2. The number of ether oxygens (including phenoxy) is 1. The minimum atomic E-state index is 0.179. The maximum Gasteiger partial charge on any atom is 0.223 e. The molecule has 1 atom stereocenters. The zero-order valence-corrected chi connectivity index (χ0v) is 19.6. The Morgan fingerprint density at radius 2 is 1.88 bits per heavy atom. The molecule has 0 bridgehead atoms. The fourth-order valence-corrected chi connectivity index (χ4v) is 4.59. The molecule has 1 saturated heterocycles. The van der Waals surface area contributed by atoms with Gasteiger partial charge in [-0.3, -0.25) is 4.79 Å². The zero-order chi connectivity index (χ0) is 22.5. The number of likely N-dealkylation sites (tertiary alicyclic amines) is 1.